The summed E-state index contributed by atoms with van der Waals surface area (Å²) in [5, 5.41) is 0. The van der Waals surface area contributed by atoms with Crippen LogP contribution in [0.5, 0.6) is 0 Å². The Balaban J connectivity index is 4.16. The maximum Gasteiger partial charge on any atom is 0.481 e. The van der Waals surface area contributed by atoms with Crippen molar-refractivity contribution in [2.75, 3.05) is 6.61 Å². The molecule has 0 aromatic heterocycles. The Labute approximate surface area is 112 Å². The molecule has 0 saturated heterocycles. The molecule has 3 N–H and O–H groups in total. The molecule has 0 fully saturated rings. The van der Waals surface area contributed by atoms with Crippen LogP contribution in [0.4, 0.5) is 0 Å². The van der Waals surface area contributed by atoms with Crippen molar-refractivity contribution in [2.45, 2.75) is 33.6 Å². The first-order valence-corrected chi connectivity index (χ1v) is 8.57. The van der Waals surface area contributed by atoms with Crippen molar-refractivity contribution in [1.82, 2.24) is 0 Å². The Bertz CT molecular complexity index is 431. The number of phosphoric acid groups is 2. The van der Waals surface area contributed by atoms with E-state index in [9.17, 15) is 9.13 Å². The van der Waals surface area contributed by atoms with E-state index in [1.54, 1.807) is 6.08 Å². The van der Waals surface area contributed by atoms with E-state index in [1.165, 1.54) is 5.57 Å². The van der Waals surface area contributed by atoms with Crippen LogP contribution in [0.15, 0.2) is 23.3 Å². The summed E-state index contributed by atoms with van der Waals surface area (Å²) in [5.41, 5.74) is 2.15. The van der Waals surface area contributed by atoms with E-state index in [0.717, 1.165) is 18.4 Å². The average Bonchev–Trinajstić information content (AvgIpc) is 2.12. The van der Waals surface area contributed by atoms with Crippen molar-refractivity contribution < 1.29 is 32.6 Å². The average molecular weight is 316 g/mol. The maximum atomic E-state index is 11.1. The molecule has 0 bridgehead atoms. The summed E-state index contributed by atoms with van der Waals surface area (Å²) in [6.45, 7) is 5.55. The van der Waals surface area contributed by atoms with Crippen LogP contribution in [0.25, 0.3) is 0 Å². The van der Waals surface area contributed by atoms with Gasteiger partial charge in [-0.25, -0.2) is 9.13 Å². The molecule has 1 unspecified atom stereocenters. The SMILES string of the molecule is CC(C)=CCC/C(C)=[13CH]/[13CH2]OP(=O)(O)OP(=O)(O)O. The largest absolute Gasteiger partial charge is 0.481 e. The van der Waals surface area contributed by atoms with E-state index in [4.69, 9.17) is 14.7 Å². The first-order valence-electron chi connectivity index (χ1n) is 5.55. The summed E-state index contributed by atoms with van der Waals surface area (Å²) >= 11 is 0. The third-order valence-electron chi connectivity index (χ3n) is 1.97. The topological polar surface area (TPSA) is 113 Å². The summed E-state index contributed by atoms with van der Waals surface area (Å²) in [4.78, 5) is 25.8. The summed E-state index contributed by atoms with van der Waals surface area (Å²) in [6.07, 6.45) is 5.24. The van der Waals surface area contributed by atoms with Crippen molar-refractivity contribution in [2.24, 2.45) is 0 Å². The Morgan fingerprint density at radius 2 is 1.68 bits per heavy atom. The second-order valence-corrected chi connectivity index (χ2v) is 7.04. The van der Waals surface area contributed by atoms with E-state index in [2.05, 4.69) is 14.9 Å². The first-order chi connectivity index (χ1) is 8.52. The number of hydrogen-bond acceptors (Lipinski definition) is 4. The molecule has 0 rings (SSSR count). The summed E-state index contributed by atoms with van der Waals surface area (Å²) in [6, 6.07) is 0. The van der Waals surface area contributed by atoms with Gasteiger partial charge in [0.05, 0.1) is 6.61 Å². The standard InChI is InChI=1S/C10H20O7P2/c1-9(2)5-4-6-10(3)7-8-16-19(14,15)17-18(11,12)13/h5,7H,4,6,8H2,1-3H3,(H,14,15)(H2,11,12,13)/b10-7+/i7+1,8+1. The van der Waals surface area contributed by atoms with Gasteiger partial charge in [0.2, 0.25) is 0 Å². The number of phosphoric ester groups is 1. The summed E-state index contributed by atoms with van der Waals surface area (Å²) < 4.78 is 29.5. The molecule has 0 aliphatic rings. The number of rotatable bonds is 8. The molecule has 1 atom stereocenters. The van der Waals surface area contributed by atoms with E-state index in [1.807, 2.05) is 20.8 Å². The van der Waals surface area contributed by atoms with Gasteiger partial charge in [-0.05, 0) is 33.6 Å². The monoisotopic (exact) mass is 316 g/mol. The second kappa shape index (κ2) is 8.12. The molecule has 0 aliphatic carbocycles. The van der Waals surface area contributed by atoms with Crippen LogP contribution in [0.2, 0.25) is 0 Å². The van der Waals surface area contributed by atoms with Crippen LogP contribution < -0.4 is 0 Å². The van der Waals surface area contributed by atoms with Crippen LogP contribution in [0, 0.1) is 0 Å². The predicted molar refractivity (Wildman–Crippen MR) is 71.3 cm³/mol. The molecule has 0 aromatic rings. The fourth-order valence-electron chi connectivity index (χ4n) is 1.12. The third-order valence-corrected chi connectivity index (χ3v) is 4.12. The van der Waals surface area contributed by atoms with Crippen molar-refractivity contribution in [3.8, 4) is 0 Å². The van der Waals surface area contributed by atoms with Crippen LogP contribution in [-0.2, 0) is 18.0 Å². The molecule has 0 heterocycles. The highest BCUT2D eigenvalue weighted by atomic mass is 31.3. The van der Waals surface area contributed by atoms with Gasteiger partial charge in [0.1, 0.15) is 0 Å². The number of hydrogen-bond donors (Lipinski definition) is 3. The molecule has 0 aliphatic heterocycles. The Morgan fingerprint density at radius 1 is 1.11 bits per heavy atom. The van der Waals surface area contributed by atoms with Crippen molar-refractivity contribution in [3.63, 3.8) is 0 Å². The lowest BCUT2D eigenvalue weighted by Gasteiger charge is -2.11. The minimum absolute atomic E-state index is 0.256. The zero-order valence-electron chi connectivity index (χ0n) is 11.1. The lowest BCUT2D eigenvalue weighted by Crippen LogP contribution is -1.94. The van der Waals surface area contributed by atoms with Gasteiger partial charge in [-0.1, -0.05) is 23.3 Å². The molecule has 0 saturated carbocycles. The molecule has 7 nitrogen and oxygen atoms in total. The molecule has 112 valence electrons. The third kappa shape index (κ3) is 12.5. The summed E-state index contributed by atoms with van der Waals surface area (Å²) in [7, 11) is -9.78. The zero-order valence-corrected chi connectivity index (χ0v) is 12.9. The molecule has 0 spiro atoms. The fourth-order valence-corrected chi connectivity index (χ4v) is 2.65. The molecular formula is C10H20O7P2. The van der Waals surface area contributed by atoms with Gasteiger partial charge in [0, 0.05) is 0 Å². The normalized spacial score (nSPS) is 16.0. The van der Waals surface area contributed by atoms with Crippen molar-refractivity contribution in [1.29, 1.82) is 0 Å². The fraction of sp³-hybridized carbons (Fsp3) is 0.600. The van der Waals surface area contributed by atoms with Crippen LogP contribution in [-0.4, -0.2) is 21.3 Å². The van der Waals surface area contributed by atoms with Gasteiger partial charge in [0.15, 0.2) is 0 Å². The minimum atomic E-state index is -5.05. The lowest BCUT2D eigenvalue weighted by atomic mass is 10.2. The maximum absolute atomic E-state index is 11.1. The number of allylic oxidation sites excluding steroid dienone is 3. The quantitative estimate of drug-likeness (QED) is 0.358. The van der Waals surface area contributed by atoms with Crippen molar-refractivity contribution in [3.05, 3.63) is 23.3 Å². The molecule has 19 heavy (non-hydrogen) atoms. The van der Waals surface area contributed by atoms with Gasteiger partial charge in [0.25, 0.3) is 0 Å². The van der Waals surface area contributed by atoms with E-state index in [0.29, 0.717) is 0 Å². The van der Waals surface area contributed by atoms with Crippen LogP contribution in [0.3, 0.4) is 0 Å². The van der Waals surface area contributed by atoms with E-state index in [-0.39, 0.29) is 6.61 Å². The first kappa shape index (κ1) is 18.7. The van der Waals surface area contributed by atoms with Crippen LogP contribution >= 0.6 is 15.6 Å². The summed E-state index contributed by atoms with van der Waals surface area (Å²) in [5.74, 6) is 0. The van der Waals surface area contributed by atoms with Crippen LogP contribution in [0.1, 0.15) is 33.6 Å². The van der Waals surface area contributed by atoms with Gasteiger partial charge in [-0.2, -0.15) is 4.31 Å². The van der Waals surface area contributed by atoms with Gasteiger partial charge >= 0.3 is 15.6 Å². The molecular weight excluding hydrogens is 296 g/mol. The minimum Gasteiger partial charge on any atom is -0.302 e. The highest BCUT2D eigenvalue weighted by Gasteiger charge is 2.31. The molecule has 0 amide bonds. The van der Waals surface area contributed by atoms with E-state index < -0.39 is 15.6 Å². The Morgan fingerprint density at radius 3 is 2.16 bits per heavy atom. The van der Waals surface area contributed by atoms with Gasteiger partial charge < -0.3 is 14.7 Å². The zero-order chi connectivity index (χ0) is 15.1. The molecule has 0 aromatic carbocycles. The molecule has 9 heteroatoms. The second-order valence-electron chi connectivity index (χ2n) is 4.21. The van der Waals surface area contributed by atoms with E-state index >= 15 is 0 Å². The highest BCUT2D eigenvalue weighted by Crippen LogP contribution is 2.57. The smallest absolute Gasteiger partial charge is 0.302 e. The lowest BCUT2D eigenvalue weighted by molar-refractivity contribution is 0.191. The highest BCUT2D eigenvalue weighted by molar-refractivity contribution is 7.60. The predicted octanol–water partition coefficient (Wildman–Crippen LogP) is 2.91. The Kier molecular flexibility index (Phi) is 8.01. The van der Waals surface area contributed by atoms with Gasteiger partial charge in [-0.15, -0.1) is 0 Å². The Hall–Kier alpha value is -0.260. The molecule has 0 radical (unpaired) electrons. The van der Waals surface area contributed by atoms with Gasteiger partial charge in [-0.3, -0.25) is 4.52 Å². The van der Waals surface area contributed by atoms with Crippen molar-refractivity contribution >= 4 is 15.6 Å².